The summed E-state index contributed by atoms with van der Waals surface area (Å²) in [7, 11) is 2.08. The highest BCUT2D eigenvalue weighted by atomic mass is 32.2. The fraction of sp³-hybridized carbons (Fsp3) is 0.424. The van der Waals surface area contributed by atoms with Crippen molar-refractivity contribution in [2.24, 2.45) is 5.92 Å². The maximum atomic E-state index is 13.0. The zero-order valence-electron chi connectivity index (χ0n) is 25.9. The van der Waals surface area contributed by atoms with Gasteiger partial charge < -0.3 is 15.0 Å². The number of methoxy groups -OCH3 is 1. The van der Waals surface area contributed by atoms with Gasteiger partial charge in [0, 0.05) is 29.2 Å². The van der Waals surface area contributed by atoms with Gasteiger partial charge in [-0.2, -0.15) is 4.98 Å². The number of hydrogen-bond donors (Lipinski definition) is 2. The molecular weight excluding hydrogens is 560 g/mol. The predicted molar refractivity (Wildman–Crippen MR) is 173 cm³/mol. The van der Waals surface area contributed by atoms with Crippen LogP contribution in [0.15, 0.2) is 59.6 Å². The summed E-state index contributed by atoms with van der Waals surface area (Å²) in [5.41, 5.74) is 4.60. The maximum Gasteiger partial charge on any atom is 0.263 e. The Morgan fingerprint density at radius 3 is 2.49 bits per heavy atom. The van der Waals surface area contributed by atoms with Gasteiger partial charge in [0.1, 0.15) is 5.82 Å². The molecular formula is C33H42N6O3S. The molecule has 10 heteroatoms. The van der Waals surface area contributed by atoms with Crippen LogP contribution in [-0.4, -0.2) is 61.6 Å². The van der Waals surface area contributed by atoms with Crippen LogP contribution in [-0.2, 0) is 16.4 Å². The van der Waals surface area contributed by atoms with Crippen molar-refractivity contribution >= 4 is 32.7 Å². The summed E-state index contributed by atoms with van der Waals surface area (Å²) in [5, 5.41) is 4.42. The average Bonchev–Trinajstić information content (AvgIpc) is 3.00. The van der Waals surface area contributed by atoms with E-state index in [0.717, 1.165) is 40.6 Å². The van der Waals surface area contributed by atoms with Crippen molar-refractivity contribution in [2.75, 3.05) is 37.8 Å². The third-order valence-electron chi connectivity index (χ3n) is 8.94. The average molecular weight is 603 g/mol. The van der Waals surface area contributed by atoms with E-state index in [9.17, 15) is 8.42 Å². The second-order valence-electron chi connectivity index (χ2n) is 12.0. The Hall–Kier alpha value is -3.76. The number of ether oxygens (including phenoxy) is 1. The van der Waals surface area contributed by atoms with Crippen molar-refractivity contribution in [3.8, 4) is 17.0 Å². The van der Waals surface area contributed by atoms with Crippen molar-refractivity contribution in [3.63, 3.8) is 0 Å². The van der Waals surface area contributed by atoms with Gasteiger partial charge >= 0.3 is 0 Å². The van der Waals surface area contributed by atoms with E-state index in [1.807, 2.05) is 18.3 Å². The Labute approximate surface area is 255 Å². The third-order valence-corrected chi connectivity index (χ3v) is 10.5. The first-order chi connectivity index (χ1) is 20.5. The highest BCUT2D eigenvalue weighted by Crippen LogP contribution is 2.36. The lowest BCUT2D eigenvalue weighted by atomic mass is 9.77. The Balaban J connectivity index is 1.35. The molecule has 0 saturated heterocycles. The van der Waals surface area contributed by atoms with Gasteiger partial charge in [-0.15, -0.1) is 0 Å². The molecule has 2 aromatic carbocycles. The van der Waals surface area contributed by atoms with E-state index in [2.05, 4.69) is 58.9 Å². The normalized spacial score (nSPS) is 19.0. The van der Waals surface area contributed by atoms with Gasteiger partial charge in [-0.1, -0.05) is 25.1 Å². The number of aryl methyl sites for hydroxylation is 2. The first kappa shape index (κ1) is 30.7. The minimum Gasteiger partial charge on any atom is -0.480 e. The molecule has 1 aliphatic rings. The van der Waals surface area contributed by atoms with E-state index in [4.69, 9.17) is 9.72 Å². The molecule has 9 nitrogen and oxygen atoms in total. The molecule has 0 bridgehead atoms. The molecule has 0 radical (unpaired) electrons. The van der Waals surface area contributed by atoms with Crippen LogP contribution >= 0.6 is 0 Å². The lowest BCUT2D eigenvalue weighted by Gasteiger charge is -2.42. The standard InChI is InChI=1S/C33H42N6O3S/c1-7-24-18-25(27-12-13-29(36-31(27)42-6)38-43(40,41)28-11-9-8-10-22(28)2)19-26-21-35-32(37-30(24)26)34-20-23-14-16-33(3,17-15-23)39(4)5/h8-13,18-19,21,23H,7,14-17,20H2,1-6H3,(H,36,38)(H,34,35,37). The summed E-state index contributed by atoms with van der Waals surface area (Å²) in [6.45, 7) is 7.10. The number of anilines is 2. The summed E-state index contributed by atoms with van der Waals surface area (Å²) in [6, 6.07) is 14.4. The smallest absolute Gasteiger partial charge is 0.263 e. The topological polar surface area (TPSA) is 109 Å². The number of benzene rings is 2. The minimum absolute atomic E-state index is 0.184. The molecule has 0 spiro atoms. The third kappa shape index (κ3) is 6.60. The van der Waals surface area contributed by atoms with E-state index >= 15 is 0 Å². The summed E-state index contributed by atoms with van der Waals surface area (Å²) in [5.74, 6) is 1.78. The molecule has 4 aromatic rings. The first-order valence-electron chi connectivity index (χ1n) is 14.9. The van der Waals surface area contributed by atoms with Gasteiger partial charge in [-0.3, -0.25) is 4.72 Å². The lowest BCUT2D eigenvalue weighted by Crippen LogP contribution is -2.44. The van der Waals surface area contributed by atoms with Gasteiger partial charge in [-0.05, 0) is 113 Å². The van der Waals surface area contributed by atoms with Crippen LogP contribution in [0.1, 0.15) is 50.7 Å². The maximum absolute atomic E-state index is 13.0. The Kier molecular flexibility index (Phi) is 8.89. The highest BCUT2D eigenvalue weighted by Gasteiger charge is 2.32. The molecule has 0 unspecified atom stereocenters. The van der Waals surface area contributed by atoms with Crippen molar-refractivity contribution in [2.45, 2.75) is 63.3 Å². The van der Waals surface area contributed by atoms with Crippen LogP contribution in [0.5, 0.6) is 5.88 Å². The molecule has 0 atom stereocenters. The fourth-order valence-corrected chi connectivity index (χ4v) is 7.09. The van der Waals surface area contributed by atoms with E-state index in [0.29, 0.717) is 23.3 Å². The number of hydrogen-bond acceptors (Lipinski definition) is 8. The Morgan fingerprint density at radius 1 is 1.07 bits per heavy atom. The monoisotopic (exact) mass is 602 g/mol. The number of fused-ring (bicyclic) bond motifs is 1. The van der Waals surface area contributed by atoms with Crippen molar-refractivity contribution in [1.29, 1.82) is 0 Å². The summed E-state index contributed by atoms with van der Waals surface area (Å²) in [6.07, 6.45) is 7.44. The molecule has 1 saturated carbocycles. The molecule has 5 rings (SSSR count). The molecule has 2 aromatic heterocycles. The highest BCUT2D eigenvalue weighted by molar-refractivity contribution is 7.92. The second kappa shape index (κ2) is 12.5. The summed E-state index contributed by atoms with van der Waals surface area (Å²) in [4.78, 5) is 16.6. The largest absolute Gasteiger partial charge is 0.480 e. The molecule has 1 fully saturated rings. The summed E-state index contributed by atoms with van der Waals surface area (Å²) < 4.78 is 34.2. The number of sulfonamides is 1. The van der Waals surface area contributed by atoms with E-state index in [-0.39, 0.29) is 16.3 Å². The van der Waals surface area contributed by atoms with Crippen LogP contribution in [0.25, 0.3) is 22.0 Å². The van der Waals surface area contributed by atoms with Crippen molar-refractivity contribution < 1.29 is 13.2 Å². The quantitative estimate of drug-likeness (QED) is 0.218. The number of nitrogens with zero attached hydrogens (tertiary/aromatic N) is 4. The molecule has 228 valence electrons. The van der Waals surface area contributed by atoms with Crippen LogP contribution < -0.4 is 14.8 Å². The molecule has 0 amide bonds. The van der Waals surface area contributed by atoms with Crippen LogP contribution in [0.4, 0.5) is 11.8 Å². The molecule has 2 N–H and O–H groups in total. The SMILES string of the molecule is CCc1cc(-c2ccc(NS(=O)(=O)c3ccccc3C)nc2OC)cc2cnc(NCC3CCC(C)(N(C)C)CC3)nc12. The van der Waals surface area contributed by atoms with Crippen molar-refractivity contribution in [3.05, 3.63) is 65.9 Å². The van der Waals surface area contributed by atoms with Crippen LogP contribution in [0.3, 0.4) is 0 Å². The Bertz CT molecular complexity index is 1720. The van der Waals surface area contributed by atoms with E-state index in [1.54, 1.807) is 37.3 Å². The molecule has 1 aliphatic carbocycles. The van der Waals surface area contributed by atoms with E-state index in [1.165, 1.54) is 32.8 Å². The van der Waals surface area contributed by atoms with Gasteiger partial charge in [0.25, 0.3) is 10.0 Å². The van der Waals surface area contributed by atoms with Gasteiger partial charge in [0.2, 0.25) is 11.8 Å². The molecule has 0 aliphatic heterocycles. The first-order valence-corrected chi connectivity index (χ1v) is 16.4. The Morgan fingerprint density at radius 2 is 1.81 bits per heavy atom. The van der Waals surface area contributed by atoms with Crippen LogP contribution in [0.2, 0.25) is 0 Å². The number of pyridine rings is 1. The predicted octanol–water partition coefficient (Wildman–Crippen LogP) is 6.29. The molecule has 2 heterocycles. The summed E-state index contributed by atoms with van der Waals surface area (Å²) >= 11 is 0. The fourth-order valence-electron chi connectivity index (χ4n) is 5.84. The van der Waals surface area contributed by atoms with Crippen molar-refractivity contribution in [1.82, 2.24) is 19.9 Å². The van der Waals surface area contributed by atoms with Gasteiger partial charge in [0.15, 0.2) is 0 Å². The zero-order valence-corrected chi connectivity index (χ0v) is 26.8. The minimum atomic E-state index is -3.80. The number of rotatable bonds is 10. The van der Waals surface area contributed by atoms with Gasteiger partial charge in [-0.25, -0.2) is 18.4 Å². The molecule has 43 heavy (non-hydrogen) atoms. The van der Waals surface area contributed by atoms with E-state index < -0.39 is 10.0 Å². The van der Waals surface area contributed by atoms with Crippen LogP contribution in [0, 0.1) is 12.8 Å². The zero-order chi connectivity index (χ0) is 30.8. The second-order valence-corrected chi connectivity index (χ2v) is 13.6. The van der Waals surface area contributed by atoms with Gasteiger partial charge in [0.05, 0.1) is 17.5 Å². The number of nitrogens with one attached hydrogen (secondary N) is 2. The number of aromatic nitrogens is 3. The lowest BCUT2D eigenvalue weighted by molar-refractivity contribution is 0.100.